The van der Waals surface area contributed by atoms with Crippen molar-refractivity contribution in [1.29, 1.82) is 0 Å². The molecule has 0 aromatic carbocycles. The van der Waals surface area contributed by atoms with Gasteiger partial charge in [-0.15, -0.1) is 0 Å². The number of carbonyl (C=O) groups excluding carboxylic acids is 1. The Morgan fingerprint density at radius 2 is 2.18 bits per heavy atom. The highest BCUT2D eigenvalue weighted by Crippen LogP contribution is 2.43. The molecule has 3 nitrogen and oxygen atoms in total. The predicted molar refractivity (Wildman–Crippen MR) is 65.2 cm³/mol. The number of hydrogen-bond donors (Lipinski definition) is 2. The summed E-state index contributed by atoms with van der Waals surface area (Å²) in [6.07, 6.45) is 9.52. The van der Waals surface area contributed by atoms with E-state index in [2.05, 4.69) is 17.5 Å². The van der Waals surface area contributed by atoms with E-state index in [0.29, 0.717) is 18.4 Å². The number of carbonyl (C=O) groups is 1. The van der Waals surface area contributed by atoms with Gasteiger partial charge in [-0.2, -0.15) is 0 Å². The minimum atomic E-state index is -0.199. The van der Waals surface area contributed by atoms with E-state index in [9.17, 15) is 9.90 Å². The second-order valence-electron chi connectivity index (χ2n) is 5.89. The standard InChI is InChI=1S/C14H21NO2/c16-13-3-1-2-11(13)8-15-14(17)12-7-9-4-5-10(12)6-9/h4-5,9-13,16H,1-3,6-8H2,(H,15,17). The topological polar surface area (TPSA) is 49.3 Å². The van der Waals surface area contributed by atoms with E-state index in [0.717, 1.165) is 25.7 Å². The van der Waals surface area contributed by atoms with Gasteiger partial charge in [0, 0.05) is 18.4 Å². The van der Waals surface area contributed by atoms with Crippen LogP contribution in [0.3, 0.4) is 0 Å². The maximum Gasteiger partial charge on any atom is 0.223 e. The summed E-state index contributed by atoms with van der Waals surface area (Å²) in [7, 11) is 0. The average molecular weight is 235 g/mol. The summed E-state index contributed by atoms with van der Waals surface area (Å²) in [5, 5.41) is 12.8. The molecule has 0 aromatic rings. The van der Waals surface area contributed by atoms with Crippen molar-refractivity contribution in [3.05, 3.63) is 12.2 Å². The van der Waals surface area contributed by atoms with E-state index in [4.69, 9.17) is 0 Å². The van der Waals surface area contributed by atoms with Gasteiger partial charge in [0.15, 0.2) is 0 Å². The van der Waals surface area contributed by atoms with Crippen LogP contribution in [0.1, 0.15) is 32.1 Å². The molecule has 0 aliphatic heterocycles. The van der Waals surface area contributed by atoms with Crippen molar-refractivity contribution in [2.24, 2.45) is 23.7 Å². The fourth-order valence-corrected chi connectivity index (χ4v) is 3.70. The van der Waals surface area contributed by atoms with E-state index in [-0.39, 0.29) is 23.8 Å². The Morgan fingerprint density at radius 1 is 1.29 bits per heavy atom. The molecule has 2 saturated carbocycles. The van der Waals surface area contributed by atoms with Crippen LogP contribution in [0.2, 0.25) is 0 Å². The molecule has 2 fully saturated rings. The van der Waals surface area contributed by atoms with Gasteiger partial charge >= 0.3 is 0 Å². The molecular formula is C14H21NO2. The van der Waals surface area contributed by atoms with Crippen LogP contribution >= 0.6 is 0 Å². The lowest BCUT2D eigenvalue weighted by Crippen LogP contribution is -2.37. The molecule has 94 valence electrons. The van der Waals surface area contributed by atoms with Gasteiger partial charge in [0.1, 0.15) is 0 Å². The highest BCUT2D eigenvalue weighted by molar-refractivity contribution is 5.80. The number of nitrogens with one attached hydrogen (secondary N) is 1. The minimum Gasteiger partial charge on any atom is -0.393 e. The number of fused-ring (bicyclic) bond motifs is 2. The molecule has 3 aliphatic carbocycles. The van der Waals surface area contributed by atoms with Crippen LogP contribution in [0.5, 0.6) is 0 Å². The molecule has 17 heavy (non-hydrogen) atoms. The molecule has 0 spiro atoms. The maximum atomic E-state index is 12.1. The highest BCUT2D eigenvalue weighted by atomic mass is 16.3. The summed E-state index contributed by atoms with van der Waals surface area (Å²) in [6.45, 7) is 0.664. The van der Waals surface area contributed by atoms with Crippen molar-refractivity contribution in [2.75, 3.05) is 6.54 Å². The summed E-state index contributed by atoms with van der Waals surface area (Å²) in [6, 6.07) is 0. The van der Waals surface area contributed by atoms with E-state index < -0.39 is 0 Å². The van der Waals surface area contributed by atoms with Crippen molar-refractivity contribution in [3.63, 3.8) is 0 Å². The molecule has 0 radical (unpaired) electrons. The second-order valence-corrected chi connectivity index (χ2v) is 5.89. The molecule has 0 heterocycles. The van der Waals surface area contributed by atoms with E-state index >= 15 is 0 Å². The van der Waals surface area contributed by atoms with Crippen LogP contribution in [-0.4, -0.2) is 23.7 Å². The van der Waals surface area contributed by atoms with Gasteiger partial charge in [-0.1, -0.05) is 18.6 Å². The zero-order valence-corrected chi connectivity index (χ0v) is 10.1. The van der Waals surface area contributed by atoms with Crippen LogP contribution in [0, 0.1) is 23.7 Å². The Morgan fingerprint density at radius 3 is 2.76 bits per heavy atom. The number of rotatable bonds is 3. The fraction of sp³-hybridized carbons (Fsp3) is 0.786. The van der Waals surface area contributed by atoms with Crippen molar-refractivity contribution in [2.45, 2.75) is 38.2 Å². The van der Waals surface area contributed by atoms with Gasteiger partial charge < -0.3 is 10.4 Å². The first kappa shape index (κ1) is 11.3. The zero-order valence-electron chi connectivity index (χ0n) is 10.1. The van der Waals surface area contributed by atoms with Crippen LogP contribution < -0.4 is 5.32 Å². The molecule has 0 saturated heterocycles. The number of allylic oxidation sites excluding steroid dienone is 2. The Hall–Kier alpha value is -0.830. The van der Waals surface area contributed by atoms with Gasteiger partial charge in [0.25, 0.3) is 0 Å². The normalized spacial score (nSPS) is 43.2. The Labute approximate surface area is 102 Å². The van der Waals surface area contributed by atoms with Crippen molar-refractivity contribution in [1.82, 2.24) is 5.32 Å². The molecule has 1 amide bonds. The first-order valence-electron chi connectivity index (χ1n) is 6.88. The third-order valence-electron chi connectivity index (χ3n) is 4.77. The van der Waals surface area contributed by atoms with Gasteiger partial charge in [0.2, 0.25) is 5.91 Å². The molecule has 2 bridgehead atoms. The summed E-state index contributed by atoms with van der Waals surface area (Å²) in [4.78, 5) is 12.1. The number of amides is 1. The van der Waals surface area contributed by atoms with E-state index in [1.54, 1.807) is 0 Å². The summed E-state index contributed by atoms with van der Waals surface area (Å²) < 4.78 is 0. The summed E-state index contributed by atoms with van der Waals surface area (Å²) in [5.41, 5.74) is 0. The van der Waals surface area contributed by atoms with E-state index in [1.807, 2.05) is 0 Å². The Kier molecular flexibility index (Phi) is 2.95. The number of aliphatic hydroxyl groups is 1. The summed E-state index contributed by atoms with van der Waals surface area (Å²) >= 11 is 0. The molecule has 3 aliphatic rings. The smallest absolute Gasteiger partial charge is 0.223 e. The summed E-state index contributed by atoms with van der Waals surface area (Å²) in [5.74, 6) is 1.82. The van der Waals surface area contributed by atoms with Crippen molar-refractivity contribution in [3.8, 4) is 0 Å². The molecule has 3 heteroatoms. The average Bonchev–Trinajstić information content (AvgIpc) is 3.01. The highest BCUT2D eigenvalue weighted by Gasteiger charge is 2.40. The molecule has 2 N–H and O–H groups in total. The lowest BCUT2D eigenvalue weighted by molar-refractivity contribution is -0.126. The molecular weight excluding hydrogens is 214 g/mol. The van der Waals surface area contributed by atoms with Gasteiger partial charge in [0.05, 0.1) is 6.10 Å². The molecule has 5 unspecified atom stereocenters. The van der Waals surface area contributed by atoms with Gasteiger partial charge in [-0.3, -0.25) is 4.79 Å². The third-order valence-corrected chi connectivity index (χ3v) is 4.77. The lowest BCUT2D eigenvalue weighted by Gasteiger charge is -2.20. The van der Waals surface area contributed by atoms with Crippen molar-refractivity contribution >= 4 is 5.91 Å². The van der Waals surface area contributed by atoms with Crippen molar-refractivity contribution < 1.29 is 9.90 Å². The number of hydrogen-bond acceptors (Lipinski definition) is 2. The van der Waals surface area contributed by atoms with E-state index in [1.165, 1.54) is 6.42 Å². The number of aliphatic hydroxyl groups excluding tert-OH is 1. The zero-order chi connectivity index (χ0) is 11.8. The van der Waals surface area contributed by atoms with Crippen LogP contribution in [-0.2, 0) is 4.79 Å². The second kappa shape index (κ2) is 4.45. The molecule has 0 aromatic heterocycles. The van der Waals surface area contributed by atoms with Gasteiger partial charge in [-0.05, 0) is 37.5 Å². The first-order chi connectivity index (χ1) is 8.24. The van der Waals surface area contributed by atoms with Gasteiger partial charge in [-0.25, -0.2) is 0 Å². The van der Waals surface area contributed by atoms with Crippen LogP contribution in [0.4, 0.5) is 0 Å². The quantitative estimate of drug-likeness (QED) is 0.728. The minimum absolute atomic E-state index is 0.198. The lowest BCUT2D eigenvalue weighted by atomic mass is 9.92. The first-order valence-corrected chi connectivity index (χ1v) is 6.88. The molecule has 5 atom stereocenters. The van der Waals surface area contributed by atoms with Crippen LogP contribution in [0.25, 0.3) is 0 Å². The maximum absolute atomic E-state index is 12.1. The predicted octanol–water partition coefficient (Wildman–Crippen LogP) is 1.48. The largest absolute Gasteiger partial charge is 0.393 e. The fourth-order valence-electron chi connectivity index (χ4n) is 3.70. The Balaban J connectivity index is 1.49. The third kappa shape index (κ3) is 2.13. The SMILES string of the molecule is O=C(NCC1CCCC1O)C1CC2C=CC1C2. The molecule has 3 rings (SSSR count). The van der Waals surface area contributed by atoms with Crippen LogP contribution in [0.15, 0.2) is 12.2 Å². The monoisotopic (exact) mass is 235 g/mol. The Bertz CT molecular complexity index is 339.